The highest BCUT2D eigenvalue weighted by Gasteiger charge is 2.17. The Bertz CT molecular complexity index is 385. The topological polar surface area (TPSA) is 58.9 Å². The van der Waals surface area contributed by atoms with Crippen molar-refractivity contribution >= 4 is 15.9 Å². The van der Waals surface area contributed by atoms with Crippen LogP contribution >= 0.6 is 15.9 Å². The van der Waals surface area contributed by atoms with Crippen LogP contribution in [-0.4, -0.2) is 29.5 Å². The van der Waals surface area contributed by atoms with Crippen molar-refractivity contribution in [2.24, 2.45) is 0 Å². The number of aliphatic hydroxyl groups is 2. The zero-order valence-corrected chi connectivity index (χ0v) is 11.7. The van der Waals surface area contributed by atoms with Gasteiger partial charge in [-0.25, -0.2) is 0 Å². The second-order valence-electron chi connectivity index (χ2n) is 4.37. The summed E-state index contributed by atoms with van der Waals surface area (Å²) < 4.78 is 11.4. The van der Waals surface area contributed by atoms with Gasteiger partial charge < -0.3 is 19.7 Å². The molecule has 0 aromatic heterocycles. The lowest BCUT2D eigenvalue weighted by Gasteiger charge is -2.20. The van der Waals surface area contributed by atoms with Crippen LogP contribution in [0.5, 0.6) is 11.5 Å². The molecule has 0 atom stereocenters. The highest BCUT2D eigenvalue weighted by molar-refractivity contribution is 9.10. The fraction of sp³-hybridized carbons (Fsp3) is 0.500. The molecule has 0 aliphatic rings. The number of aliphatic hydroxyl groups excluding tert-OH is 1. The summed E-state index contributed by atoms with van der Waals surface area (Å²) in [5, 5.41) is 18.7. The van der Waals surface area contributed by atoms with Gasteiger partial charge in [-0.2, -0.15) is 0 Å². The summed E-state index contributed by atoms with van der Waals surface area (Å²) in [7, 11) is 1.53. The Balaban J connectivity index is 2.98. The summed E-state index contributed by atoms with van der Waals surface area (Å²) in [6.07, 6.45) is 0. The molecule has 5 heteroatoms. The van der Waals surface area contributed by atoms with Crippen molar-refractivity contribution in [3.63, 3.8) is 0 Å². The molecule has 0 amide bonds. The molecule has 0 bridgehead atoms. The molecule has 0 aliphatic carbocycles. The van der Waals surface area contributed by atoms with Gasteiger partial charge in [0.2, 0.25) is 0 Å². The van der Waals surface area contributed by atoms with Gasteiger partial charge in [0, 0.05) is 0 Å². The lowest BCUT2D eigenvalue weighted by Crippen LogP contribution is -2.28. The summed E-state index contributed by atoms with van der Waals surface area (Å²) >= 11 is 3.35. The van der Waals surface area contributed by atoms with Gasteiger partial charge in [0.1, 0.15) is 6.61 Å². The lowest BCUT2D eigenvalue weighted by atomic mass is 10.1. The highest BCUT2D eigenvalue weighted by atomic mass is 79.9. The maximum absolute atomic E-state index is 9.61. The molecule has 0 spiro atoms. The van der Waals surface area contributed by atoms with E-state index in [9.17, 15) is 5.11 Å². The third-order valence-electron chi connectivity index (χ3n) is 2.04. The van der Waals surface area contributed by atoms with E-state index < -0.39 is 5.60 Å². The first-order chi connectivity index (χ1) is 7.87. The zero-order chi connectivity index (χ0) is 13.1. The molecule has 0 heterocycles. The average molecular weight is 305 g/mol. The molecule has 0 unspecified atom stereocenters. The third kappa shape index (κ3) is 4.18. The first kappa shape index (κ1) is 14.3. The summed E-state index contributed by atoms with van der Waals surface area (Å²) in [5.41, 5.74) is -0.190. The van der Waals surface area contributed by atoms with Gasteiger partial charge in [-0.1, -0.05) is 0 Å². The minimum absolute atomic E-state index is 0.0687. The molecular formula is C12H17BrO4. The van der Waals surface area contributed by atoms with Crippen LogP contribution < -0.4 is 9.47 Å². The Morgan fingerprint density at radius 3 is 2.47 bits per heavy atom. The molecule has 1 aromatic rings. The molecule has 1 rings (SSSR count). The molecule has 0 saturated carbocycles. The van der Waals surface area contributed by atoms with E-state index in [1.54, 1.807) is 26.0 Å². The lowest BCUT2D eigenvalue weighted by molar-refractivity contribution is 0.0273. The van der Waals surface area contributed by atoms with Crippen molar-refractivity contribution in [1.29, 1.82) is 0 Å². The normalized spacial score (nSPS) is 11.4. The number of halogens is 1. The fourth-order valence-electron chi connectivity index (χ4n) is 1.25. The van der Waals surface area contributed by atoms with Crippen molar-refractivity contribution in [1.82, 2.24) is 0 Å². The van der Waals surface area contributed by atoms with Crippen LogP contribution in [0.4, 0.5) is 0 Å². The summed E-state index contributed by atoms with van der Waals surface area (Å²) in [6.45, 7) is 3.41. The van der Waals surface area contributed by atoms with Gasteiger partial charge in [-0.15, -0.1) is 0 Å². The van der Waals surface area contributed by atoms with E-state index in [4.69, 9.17) is 14.6 Å². The van der Waals surface area contributed by atoms with E-state index in [1.807, 2.05) is 0 Å². The molecule has 0 saturated heterocycles. The van der Waals surface area contributed by atoms with Crippen LogP contribution in [-0.2, 0) is 6.61 Å². The van der Waals surface area contributed by atoms with E-state index in [2.05, 4.69) is 15.9 Å². The molecular weight excluding hydrogens is 288 g/mol. The molecule has 17 heavy (non-hydrogen) atoms. The van der Waals surface area contributed by atoms with Gasteiger partial charge in [0.05, 0.1) is 23.8 Å². The first-order valence-corrected chi connectivity index (χ1v) is 5.99. The van der Waals surface area contributed by atoms with Gasteiger partial charge in [0.15, 0.2) is 11.5 Å². The first-order valence-electron chi connectivity index (χ1n) is 5.20. The number of benzene rings is 1. The van der Waals surface area contributed by atoms with Crippen molar-refractivity contribution in [2.75, 3.05) is 13.7 Å². The fourth-order valence-corrected chi connectivity index (χ4v) is 1.86. The highest BCUT2D eigenvalue weighted by Crippen LogP contribution is 2.37. The van der Waals surface area contributed by atoms with Gasteiger partial charge >= 0.3 is 0 Å². The van der Waals surface area contributed by atoms with E-state index in [0.29, 0.717) is 16.0 Å². The minimum Gasteiger partial charge on any atom is -0.493 e. The predicted molar refractivity (Wildman–Crippen MR) is 68.4 cm³/mol. The smallest absolute Gasteiger partial charge is 0.175 e. The van der Waals surface area contributed by atoms with Gasteiger partial charge in [-0.3, -0.25) is 0 Å². The van der Waals surface area contributed by atoms with Crippen molar-refractivity contribution in [3.05, 3.63) is 22.2 Å². The zero-order valence-electron chi connectivity index (χ0n) is 10.2. The Morgan fingerprint density at radius 1 is 1.35 bits per heavy atom. The molecule has 96 valence electrons. The third-order valence-corrected chi connectivity index (χ3v) is 2.63. The molecule has 0 aliphatic heterocycles. The SMILES string of the molecule is COc1cc(CO)cc(Br)c1OCC(C)(C)O. The van der Waals surface area contributed by atoms with E-state index in [0.717, 1.165) is 5.56 Å². The van der Waals surface area contributed by atoms with Crippen LogP contribution in [0.25, 0.3) is 0 Å². The Hall–Kier alpha value is -0.780. The molecule has 0 fully saturated rings. The van der Waals surface area contributed by atoms with Gasteiger partial charge in [0.25, 0.3) is 0 Å². The Morgan fingerprint density at radius 2 is 2.00 bits per heavy atom. The monoisotopic (exact) mass is 304 g/mol. The number of hydrogen-bond acceptors (Lipinski definition) is 4. The van der Waals surface area contributed by atoms with Gasteiger partial charge in [-0.05, 0) is 47.5 Å². The predicted octanol–water partition coefficient (Wildman–Crippen LogP) is 2.10. The van der Waals surface area contributed by atoms with Crippen molar-refractivity contribution in [2.45, 2.75) is 26.1 Å². The van der Waals surface area contributed by atoms with Crippen molar-refractivity contribution in [3.8, 4) is 11.5 Å². The van der Waals surface area contributed by atoms with Crippen LogP contribution in [0.2, 0.25) is 0 Å². The van der Waals surface area contributed by atoms with E-state index in [-0.39, 0.29) is 13.2 Å². The number of hydrogen-bond donors (Lipinski definition) is 2. The van der Waals surface area contributed by atoms with E-state index >= 15 is 0 Å². The molecule has 2 N–H and O–H groups in total. The largest absolute Gasteiger partial charge is 0.493 e. The van der Waals surface area contributed by atoms with Crippen LogP contribution in [0.3, 0.4) is 0 Å². The summed E-state index contributed by atoms with van der Waals surface area (Å²) in [4.78, 5) is 0. The Kier molecular flexibility index (Phi) is 4.80. The minimum atomic E-state index is -0.917. The second-order valence-corrected chi connectivity index (χ2v) is 5.22. The second kappa shape index (κ2) is 5.71. The molecule has 4 nitrogen and oxygen atoms in total. The summed E-state index contributed by atoms with van der Waals surface area (Å²) in [6, 6.07) is 3.45. The Labute approximate surface area is 109 Å². The molecule has 1 aromatic carbocycles. The van der Waals surface area contributed by atoms with Crippen LogP contribution in [0, 0.1) is 0 Å². The van der Waals surface area contributed by atoms with Crippen LogP contribution in [0.15, 0.2) is 16.6 Å². The maximum atomic E-state index is 9.61. The number of methoxy groups -OCH3 is 1. The average Bonchev–Trinajstić information content (AvgIpc) is 2.25. The van der Waals surface area contributed by atoms with E-state index in [1.165, 1.54) is 7.11 Å². The number of ether oxygens (including phenoxy) is 2. The standard InChI is InChI=1S/C12H17BrO4/c1-12(2,15)7-17-11-9(13)4-8(6-14)5-10(11)16-3/h4-5,14-15H,6-7H2,1-3H3. The van der Waals surface area contributed by atoms with Crippen LogP contribution in [0.1, 0.15) is 19.4 Å². The molecule has 0 radical (unpaired) electrons. The van der Waals surface area contributed by atoms with Crippen molar-refractivity contribution < 1.29 is 19.7 Å². The quantitative estimate of drug-likeness (QED) is 0.874. The maximum Gasteiger partial charge on any atom is 0.175 e. The number of rotatable bonds is 5. The summed E-state index contributed by atoms with van der Waals surface area (Å²) in [5.74, 6) is 1.04.